The second-order valence-corrected chi connectivity index (χ2v) is 4.84. The summed E-state index contributed by atoms with van der Waals surface area (Å²) in [5.74, 6) is -1.31. The van der Waals surface area contributed by atoms with Gasteiger partial charge in [0.1, 0.15) is 0 Å². The number of amides is 1. The van der Waals surface area contributed by atoms with Crippen LogP contribution in [0.3, 0.4) is 0 Å². The predicted molar refractivity (Wildman–Crippen MR) is 72.6 cm³/mol. The van der Waals surface area contributed by atoms with Crippen LogP contribution in [0.2, 0.25) is 0 Å². The number of hydrogen-bond acceptors (Lipinski definition) is 4. The molecule has 2 rings (SSSR count). The number of aromatic carboxylic acids is 1. The summed E-state index contributed by atoms with van der Waals surface area (Å²) in [5.41, 5.74) is 1.47. The Hall–Kier alpha value is -2.21. The van der Waals surface area contributed by atoms with Crippen molar-refractivity contribution in [2.75, 3.05) is 5.32 Å². The molecule has 0 fully saturated rings. The third-order valence-corrected chi connectivity index (χ3v) is 3.34. The maximum atomic E-state index is 11.8. The highest BCUT2D eigenvalue weighted by Gasteiger charge is 2.13. The van der Waals surface area contributed by atoms with Crippen molar-refractivity contribution in [3.05, 3.63) is 46.5 Å². The molecular formula is C13H12N2O3S. The zero-order valence-electron chi connectivity index (χ0n) is 10.2. The second kappa shape index (κ2) is 5.62. The molecule has 0 bridgehead atoms. The van der Waals surface area contributed by atoms with Gasteiger partial charge >= 0.3 is 5.97 Å². The minimum absolute atomic E-state index is 0.0150. The first-order valence-corrected chi connectivity index (χ1v) is 6.47. The molecule has 5 nitrogen and oxygen atoms in total. The van der Waals surface area contributed by atoms with Crippen molar-refractivity contribution in [1.82, 2.24) is 4.98 Å². The van der Waals surface area contributed by atoms with Crippen LogP contribution in [0.4, 0.5) is 5.13 Å². The monoisotopic (exact) mass is 276 g/mol. The van der Waals surface area contributed by atoms with E-state index in [1.807, 2.05) is 12.3 Å². The highest BCUT2D eigenvalue weighted by molar-refractivity contribution is 7.13. The van der Waals surface area contributed by atoms with E-state index in [0.717, 1.165) is 5.69 Å². The van der Waals surface area contributed by atoms with Crippen LogP contribution in [0.5, 0.6) is 0 Å². The molecular weight excluding hydrogens is 264 g/mol. The van der Waals surface area contributed by atoms with E-state index in [1.165, 1.54) is 17.4 Å². The fraction of sp³-hybridized carbons (Fsp3) is 0.154. The van der Waals surface area contributed by atoms with Gasteiger partial charge < -0.3 is 10.4 Å². The molecule has 0 spiro atoms. The number of benzene rings is 1. The van der Waals surface area contributed by atoms with E-state index >= 15 is 0 Å². The van der Waals surface area contributed by atoms with Gasteiger partial charge in [0.2, 0.25) is 5.91 Å². The van der Waals surface area contributed by atoms with E-state index in [9.17, 15) is 9.59 Å². The molecule has 0 aliphatic rings. The second-order valence-electron chi connectivity index (χ2n) is 3.98. The summed E-state index contributed by atoms with van der Waals surface area (Å²) < 4.78 is 0. The minimum atomic E-state index is -1.03. The van der Waals surface area contributed by atoms with Gasteiger partial charge in [0.15, 0.2) is 5.13 Å². The number of aromatic nitrogens is 1. The van der Waals surface area contributed by atoms with Crippen LogP contribution in [0, 0.1) is 6.92 Å². The van der Waals surface area contributed by atoms with Gasteiger partial charge in [-0.15, -0.1) is 11.3 Å². The molecule has 0 aliphatic carbocycles. The molecule has 98 valence electrons. The average molecular weight is 276 g/mol. The van der Waals surface area contributed by atoms with E-state index in [4.69, 9.17) is 5.11 Å². The van der Waals surface area contributed by atoms with E-state index in [1.54, 1.807) is 18.2 Å². The zero-order chi connectivity index (χ0) is 13.8. The lowest BCUT2D eigenvalue weighted by Gasteiger charge is -2.05. The molecule has 0 aliphatic heterocycles. The number of thiazole rings is 1. The lowest BCUT2D eigenvalue weighted by atomic mass is 10.0. The van der Waals surface area contributed by atoms with Crippen LogP contribution in [0.15, 0.2) is 29.6 Å². The Morgan fingerprint density at radius 1 is 1.37 bits per heavy atom. The quantitative estimate of drug-likeness (QED) is 0.898. The van der Waals surface area contributed by atoms with Crippen molar-refractivity contribution in [3.63, 3.8) is 0 Å². The molecule has 0 atom stereocenters. The van der Waals surface area contributed by atoms with Crippen molar-refractivity contribution in [1.29, 1.82) is 0 Å². The molecule has 1 heterocycles. The first kappa shape index (κ1) is 13.2. The van der Waals surface area contributed by atoms with Crippen molar-refractivity contribution >= 4 is 28.3 Å². The Labute approximate surface area is 113 Å². The number of nitrogens with zero attached hydrogens (tertiary/aromatic N) is 1. The lowest BCUT2D eigenvalue weighted by Crippen LogP contribution is -2.16. The van der Waals surface area contributed by atoms with Gasteiger partial charge in [-0.25, -0.2) is 9.78 Å². The largest absolute Gasteiger partial charge is 0.478 e. The number of carbonyl (C=O) groups excluding carboxylic acids is 1. The molecule has 2 aromatic rings. The summed E-state index contributed by atoms with van der Waals surface area (Å²) in [7, 11) is 0. The van der Waals surface area contributed by atoms with Crippen molar-refractivity contribution in [2.45, 2.75) is 13.3 Å². The van der Waals surface area contributed by atoms with Crippen molar-refractivity contribution in [3.8, 4) is 0 Å². The average Bonchev–Trinajstić information content (AvgIpc) is 2.75. The maximum absolute atomic E-state index is 11.8. The van der Waals surface area contributed by atoms with Crippen LogP contribution in [-0.2, 0) is 11.2 Å². The zero-order valence-corrected chi connectivity index (χ0v) is 11.0. The SMILES string of the molecule is Cc1csc(NC(=O)Cc2ccccc2C(=O)O)n1. The summed E-state index contributed by atoms with van der Waals surface area (Å²) in [4.78, 5) is 27.0. The Morgan fingerprint density at radius 2 is 2.11 bits per heavy atom. The van der Waals surface area contributed by atoms with Crippen LogP contribution in [0.25, 0.3) is 0 Å². The van der Waals surface area contributed by atoms with E-state index < -0.39 is 5.97 Å². The van der Waals surface area contributed by atoms with Gasteiger partial charge in [-0.05, 0) is 18.6 Å². The third kappa shape index (κ3) is 3.38. The van der Waals surface area contributed by atoms with Gasteiger partial charge in [-0.3, -0.25) is 4.79 Å². The number of anilines is 1. The summed E-state index contributed by atoms with van der Waals surface area (Å²) in [6, 6.07) is 6.46. The van der Waals surface area contributed by atoms with Crippen molar-refractivity contribution < 1.29 is 14.7 Å². The third-order valence-electron chi connectivity index (χ3n) is 2.46. The number of aryl methyl sites for hydroxylation is 1. The van der Waals surface area contributed by atoms with Gasteiger partial charge in [0, 0.05) is 5.38 Å². The number of carboxylic acids is 1. The first-order valence-electron chi connectivity index (χ1n) is 5.59. The van der Waals surface area contributed by atoms with Gasteiger partial charge in [-0.2, -0.15) is 0 Å². The molecule has 0 saturated carbocycles. The number of rotatable bonds is 4. The predicted octanol–water partition coefficient (Wildman–Crippen LogP) is 2.33. The van der Waals surface area contributed by atoms with Gasteiger partial charge in [-0.1, -0.05) is 18.2 Å². The molecule has 1 aromatic heterocycles. The van der Waals surface area contributed by atoms with Gasteiger partial charge in [0.05, 0.1) is 17.7 Å². The topological polar surface area (TPSA) is 79.3 Å². The normalized spacial score (nSPS) is 10.2. The van der Waals surface area contributed by atoms with Crippen LogP contribution < -0.4 is 5.32 Å². The summed E-state index contributed by atoms with van der Waals surface area (Å²) >= 11 is 1.34. The van der Waals surface area contributed by atoms with E-state index in [0.29, 0.717) is 10.7 Å². The molecule has 0 unspecified atom stereocenters. The molecule has 19 heavy (non-hydrogen) atoms. The molecule has 1 aromatic carbocycles. The molecule has 6 heteroatoms. The van der Waals surface area contributed by atoms with Gasteiger partial charge in [0.25, 0.3) is 0 Å². The highest BCUT2D eigenvalue weighted by Crippen LogP contribution is 2.15. The molecule has 0 radical (unpaired) electrons. The van der Waals surface area contributed by atoms with Crippen molar-refractivity contribution in [2.24, 2.45) is 0 Å². The number of hydrogen-bond donors (Lipinski definition) is 2. The Balaban J connectivity index is 2.09. The maximum Gasteiger partial charge on any atom is 0.335 e. The number of carbonyl (C=O) groups is 2. The van der Waals surface area contributed by atoms with E-state index in [2.05, 4.69) is 10.3 Å². The van der Waals surface area contributed by atoms with Crippen LogP contribution >= 0.6 is 11.3 Å². The Kier molecular flexibility index (Phi) is 3.91. The van der Waals surface area contributed by atoms with E-state index in [-0.39, 0.29) is 17.9 Å². The van der Waals surface area contributed by atoms with Crippen LogP contribution in [0.1, 0.15) is 21.6 Å². The molecule has 0 saturated heterocycles. The first-order chi connectivity index (χ1) is 9.06. The highest BCUT2D eigenvalue weighted by atomic mass is 32.1. The fourth-order valence-electron chi connectivity index (χ4n) is 1.63. The number of carboxylic acid groups (broad SMARTS) is 1. The Bertz CT molecular complexity index is 622. The molecule has 1 amide bonds. The summed E-state index contributed by atoms with van der Waals surface area (Å²) in [6.45, 7) is 1.84. The summed E-state index contributed by atoms with van der Waals surface area (Å²) in [5, 5.41) is 14.0. The smallest absolute Gasteiger partial charge is 0.335 e. The fourth-order valence-corrected chi connectivity index (χ4v) is 2.34. The van der Waals surface area contributed by atoms with Crippen LogP contribution in [-0.4, -0.2) is 22.0 Å². The standard InChI is InChI=1S/C13H12N2O3S/c1-8-7-19-13(14-8)15-11(16)6-9-4-2-3-5-10(9)12(17)18/h2-5,7H,6H2,1H3,(H,17,18)(H,14,15,16). The summed E-state index contributed by atoms with van der Waals surface area (Å²) in [6.07, 6.45) is 0.0150. The minimum Gasteiger partial charge on any atom is -0.478 e. The molecule has 2 N–H and O–H groups in total. The Morgan fingerprint density at radius 3 is 2.74 bits per heavy atom. The number of nitrogens with one attached hydrogen (secondary N) is 1. The lowest BCUT2D eigenvalue weighted by molar-refractivity contribution is -0.115.